The van der Waals surface area contributed by atoms with Gasteiger partial charge >= 0.3 is 0 Å². The lowest BCUT2D eigenvalue weighted by molar-refractivity contribution is -0.226. The molecule has 0 radical (unpaired) electrons. The molecule has 9 nitrogen and oxygen atoms in total. The molecule has 3 N–H and O–H groups in total. The van der Waals surface area contributed by atoms with Crippen molar-refractivity contribution in [3.8, 4) is 5.75 Å². The lowest BCUT2D eigenvalue weighted by atomic mass is 9.84. The van der Waals surface area contributed by atoms with Crippen molar-refractivity contribution in [2.45, 2.75) is 63.4 Å². The largest absolute Gasteiger partial charge is 0.503 e. The van der Waals surface area contributed by atoms with Gasteiger partial charge < -0.3 is 20.3 Å². The lowest BCUT2D eigenvalue weighted by Gasteiger charge is -2.42. The van der Waals surface area contributed by atoms with Crippen molar-refractivity contribution in [2.75, 3.05) is 6.54 Å². The van der Waals surface area contributed by atoms with Crippen LogP contribution in [0.1, 0.15) is 65.6 Å². The molecular weight excluding hydrogens is 481 g/mol. The number of aromatic hydroxyl groups is 1. The van der Waals surface area contributed by atoms with Crippen LogP contribution in [-0.2, 0) is 11.4 Å². The molecule has 36 heavy (non-hydrogen) atoms. The molecule has 192 valence electrons. The van der Waals surface area contributed by atoms with E-state index in [1.54, 1.807) is 4.90 Å². The number of carbonyl (C=O) groups excluding carboxylic acids is 2. The first kappa shape index (κ1) is 24.3. The van der Waals surface area contributed by atoms with E-state index in [4.69, 9.17) is 10.6 Å². The molecule has 4 atom stereocenters. The van der Waals surface area contributed by atoms with Crippen LogP contribution in [0.25, 0.3) is 0 Å². The number of nitrogens with two attached hydrogens (primary N) is 1. The van der Waals surface area contributed by atoms with Gasteiger partial charge in [-0.15, -0.1) is 0 Å². The minimum atomic E-state index is -1.05. The molecule has 2 aromatic rings. The number of nitrogens with zero attached hydrogens (tertiary/aromatic N) is 3. The highest BCUT2D eigenvalue weighted by molar-refractivity contribution is 5.99. The van der Waals surface area contributed by atoms with Crippen LogP contribution in [0.4, 0.5) is 13.2 Å². The number of carbonyl (C=O) groups is 2. The van der Waals surface area contributed by atoms with E-state index in [0.29, 0.717) is 31.4 Å². The Morgan fingerprint density at radius 3 is 2.50 bits per heavy atom. The number of benzene rings is 1. The smallest absolute Gasteiger partial charge is 0.274 e. The predicted octanol–water partition coefficient (Wildman–Crippen LogP) is 2.21. The van der Waals surface area contributed by atoms with Gasteiger partial charge in [0.1, 0.15) is 28.6 Å². The number of fused-ring (bicyclic) bond motifs is 5. The maximum Gasteiger partial charge on any atom is 0.274 e. The minimum Gasteiger partial charge on any atom is -0.503 e. The van der Waals surface area contributed by atoms with Crippen molar-refractivity contribution in [2.24, 2.45) is 5.73 Å². The first-order valence-corrected chi connectivity index (χ1v) is 11.6. The summed E-state index contributed by atoms with van der Waals surface area (Å²) in [4.78, 5) is 45.6. The van der Waals surface area contributed by atoms with E-state index in [-0.39, 0.29) is 36.4 Å². The molecule has 12 heteroatoms. The van der Waals surface area contributed by atoms with Crippen LogP contribution in [0.3, 0.4) is 0 Å². The maximum absolute atomic E-state index is 14.4. The number of amides is 2. The zero-order chi connectivity index (χ0) is 26.1. The molecule has 2 saturated heterocycles. The zero-order valence-electron chi connectivity index (χ0n) is 19.6. The number of hydrogen-bond donors (Lipinski definition) is 2. The summed E-state index contributed by atoms with van der Waals surface area (Å²) in [5.41, 5.74) is 2.24. The van der Waals surface area contributed by atoms with E-state index in [0.717, 1.165) is 0 Å². The molecule has 1 aromatic carbocycles. The van der Waals surface area contributed by atoms with Crippen LogP contribution >= 0.6 is 0 Å². The highest BCUT2D eigenvalue weighted by atomic mass is 19.1. The Kier molecular flexibility index (Phi) is 5.63. The van der Waals surface area contributed by atoms with Crippen LogP contribution in [-0.4, -0.2) is 55.7 Å². The molecule has 0 saturated carbocycles. The van der Waals surface area contributed by atoms with Crippen molar-refractivity contribution in [3.05, 3.63) is 62.8 Å². The van der Waals surface area contributed by atoms with Gasteiger partial charge in [-0.1, -0.05) is 0 Å². The highest BCUT2D eigenvalue weighted by Gasteiger charge is 2.55. The van der Waals surface area contributed by atoms with Crippen molar-refractivity contribution < 1.29 is 32.7 Å². The van der Waals surface area contributed by atoms with Gasteiger partial charge in [0, 0.05) is 42.5 Å². The number of aromatic nitrogens is 1. The molecule has 1 unspecified atom stereocenters. The number of pyridine rings is 1. The average Bonchev–Trinajstić information content (AvgIpc) is 3.06. The van der Waals surface area contributed by atoms with E-state index in [1.165, 1.54) is 15.8 Å². The van der Waals surface area contributed by atoms with E-state index in [1.807, 2.05) is 13.8 Å². The number of hydroxylamine groups is 2. The standard InChI is InChI=1S/C24H25F3N4O5/c1-11-3-4-24(7-12(2)31(36-24)9-14-16(26)5-13(25)6-17(14)27)18-10-29(11)23(35)19-21(33)20(32)15(22(28)34)8-30(18)19/h5-6,8,11-12,18,33H,3-4,7,9-10H2,1-2H3,(H2,28,34)/t11-,12?,18-,24+/m1/s1. The molecule has 3 aliphatic heterocycles. The fraction of sp³-hybridized carbons (Fsp3) is 0.458. The second-order valence-corrected chi connectivity index (χ2v) is 9.83. The van der Waals surface area contributed by atoms with Gasteiger partial charge in [0.2, 0.25) is 5.43 Å². The molecule has 1 aromatic heterocycles. The molecule has 2 amide bonds. The van der Waals surface area contributed by atoms with Crippen molar-refractivity contribution >= 4 is 11.8 Å². The molecule has 4 heterocycles. The summed E-state index contributed by atoms with van der Waals surface area (Å²) >= 11 is 0. The van der Waals surface area contributed by atoms with Crippen molar-refractivity contribution in [1.29, 1.82) is 0 Å². The van der Waals surface area contributed by atoms with E-state index >= 15 is 0 Å². The summed E-state index contributed by atoms with van der Waals surface area (Å²) in [5, 5.41) is 12.1. The number of hydrogen-bond acceptors (Lipinski definition) is 6. The van der Waals surface area contributed by atoms with E-state index in [9.17, 15) is 32.7 Å². The first-order chi connectivity index (χ1) is 16.9. The Hall–Kier alpha value is -3.38. The Bertz CT molecular complexity index is 1320. The number of rotatable bonds is 3. The molecule has 1 spiro atoms. The highest BCUT2D eigenvalue weighted by Crippen LogP contribution is 2.49. The third-order valence-corrected chi connectivity index (χ3v) is 7.62. The maximum atomic E-state index is 14.4. The summed E-state index contributed by atoms with van der Waals surface area (Å²) in [6.07, 6.45) is 2.52. The number of halogens is 3. The van der Waals surface area contributed by atoms with Crippen LogP contribution in [0.5, 0.6) is 5.75 Å². The monoisotopic (exact) mass is 506 g/mol. The van der Waals surface area contributed by atoms with Crippen molar-refractivity contribution in [1.82, 2.24) is 14.5 Å². The normalized spacial score (nSPS) is 27.9. The Balaban J connectivity index is 1.60. The minimum absolute atomic E-state index is 0.160. The van der Waals surface area contributed by atoms with Gasteiger partial charge in [-0.3, -0.25) is 19.2 Å². The molecular formula is C24H25F3N4O5. The van der Waals surface area contributed by atoms with Crippen LogP contribution in [0.2, 0.25) is 0 Å². The third-order valence-electron chi connectivity index (χ3n) is 7.62. The quantitative estimate of drug-likeness (QED) is 0.659. The van der Waals surface area contributed by atoms with Crippen LogP contribution in [0, 0.1) is 17.5 Å². The van der Waals surface area contributed by atoms with Gasteiger partial charge in [0.05, 0.1) is 12.6 Å². The summed E-state index contributed by atoms with van der Waals surface area (Å²) in [6.45, 7) is 3.52. The Labute approximate surface area is 203 Å². The van der Waals surface area contributed by atoms with Crippen LogP contribution in [0.15, 0.2) is 23.1 Å². The lowest BCUT2D eigenvalue weighted by Crippen LogP contribution is -2.52. The van der Waals surface area contributed by atoms with Gasteiger partial charge in [-0.25, -0.2) is 13.2 Å². The van der Waals surface area contributed by atoms with Crippen LogP contribution < -0.4 is 11.2 Å². The molecule has 3 aliphatic rings. The predicted molar refractivity (Wildman–Crippen MR) is 119 cm³/mol. The Morgan fingerprint density at radius 1 is 1.19 bits per heavy atom. The molecule has 2 fully saturated rings. The Morgan fingerprint density at radius 2 is 1.86 bits per heavy atom. The summed E-state index contributed by atoms with van der Waals surface area (Å²) in [6, 6.07) is -0.0183. The van der Waals surface area contributed by atoms with Crippen molar-refractivity contribution in [3.63, 3.8) is 0 Å². The summed E-state index contributed by atoms with van der Waals surface area (Å²) in [5.74, 6) is -5.57. The second-order valence-electron chi connectivity index (χ2n) is 9.83. The molecule has 2 bridgehead atoms. The summed E-state index contributed by atoms with van der Waals surface area (Å²) in [7, 11) is 0. The molecule has 5 rings (SSSR count). The fourth-order valence-electron chi connectivity index (χ4n) is 5.70. The van der Waals surface area contributed by atoms with Gasteiger partial charge in [0.25, 0.3) is 11.8 Å². The van der Waals surface area contributed by atoms with E-state index in [2.05, 4.69) is 0 Å². The topological polar surface area (TPSA) is 118 Å². The zero-order valence-corrected chi connectivity index (χ0v) is 19.6. The first-order valence-electron chi connectivity index (χ1n) is 11.6. The van der Waals surface area contributed by atoms with Gasteiger partial charge in [-0.05, 0) is 33.1 Å². The second kappa shape index (κ2) is 8.34. The van der Waals surface area contributed by atoms with E-state index < -0.39 is 57.7 Å². The van der Waals surface area contributed by atoms with Gasteiger partial charge in [-0.2, -0.15) is 5.06 Å². The summed E-state index contributed by atoms with van der Waals surface area (Å²) < 4.78 is 43.5. The van der Waals surface area contributed by atoms with Gasteiger partial charge in [0.15, 0.2) is 11.4 Å². The number of primary amides is 1. The fourth-order valence-corrected chi connectivity index (χ4v) is 5.70. The third kappa shape index (κ3) is 3.58. The SMILES string of the molecule is CC1C[C@]2(CC[C@@H](C)N3C[C@H]2n2cc(C(N)=O)c(=O)c(O)c2C3=O)ON1Cc1c(F)cc(F)cc1F. The average molecular weight is 506 g/mol. The molecule has 0 aliphatic carbocycles.